The van der Waals surface area contributed by atoms with Gasteiger partial charge >= 0.3 is 6.18 Å². The summed E-state index contributed by atoms with van der Waals surface area (Å²) < 4.78 is 42.9. The fourth-order valence-electron chi connectivity index (χ4n) is 2.23. The molecular formula is C15H21F3IN3O. The average molecular weight is 443 g/mol. The lowest BCUT2D eigenvalue weighted by Crippen LogP contribution is -2.40. The Kier molecular flexibility index (Phi) is 8.10. The molecule has 8 heteroatoms. The molecule has 4 nitrogen and oxygen atoms in total. The molecule has 130 valence electrons. The van der Waals surface area contributed by atoms with E-state index in [1.165, 1.54) is 12.1 Å². The Balaban J connectivity index is 0.00000264. The van der Waals surface area contributed by atoms with Crippen molar-refractivity contribution in [3.63, 3.8) is 0 Å². The van der Waals surface area contributed by atoms with Crippen LogP contribution in [0.25, 0.3) is 0 Å². The molecule has 1 fully saturated rings. The van der Waals surface area contributed by atoms with Gasteiger partial charge in [0.05, 0.1) is 11.7 Å². The van der Waals surface area contributed by atoms with Gasteiger partial charge in [-0.2, -0.15) is 13.2 Å². The Hall–Kier alpha value is -1.03. The maximum atomic E-state index is 12.5. The Bertz CT molecular complexity index is 500. The second kappa shape index (κ2) is 9.31. The van der Waals surface area contributed by atoms with Gasteiger partial charge in [-0.1, -0.05) is 12.1 Å². The third-order valence-corrected chi connectivity index (χ3v) is 3.49. The molecule has 1 aliphatic heterocycles. The normalized spacial score (nSPS) is 18.4. The number of hydrogen-bond acceptors (Lipinski definition) is 2. The highest BCUT2D eigenvalue weighted by Crippen LogP contribution is 2.29. The fraction of sp³-hybridized carbons (Fsp3) is 0.533. The third kappa shape index (κ3) is 6.54. The van der Waals surface area contributed by atoms with Crippen LogP contribution in [0.5, 0.6) is 0 Å². The summed E-state index contributed by atoms with van der Waals surface area (Å²) in [6, 6.07) is 5.09. The SMILES string of the molecule is CN=C(NCc1ccc(C(F)(F)F)cc1)NCC1CCCO1.I. The third-order valence-electron chi connectivity index (χ3n) is 3.49. The highest BCUT2D eigenvalue weighted by Gasteiger charge is 2.29. The van der Waals surface area contributed by atoms with E-state index in [9.17, 15) is 13.2 Å². The van der Waals surface area contributed by atoms with Crippen LogP contribution in [0, 0.1) is 0 Å². The maximum Gasteiger partial charge on any atom is 0.416 e. The highest BCUT2D eigenvalue weighted by molar-refractivity contribution is 14.0. The van der Waals surface area contributed by atoms with Gasteiger partial charge in [-0.05, 0) is 30.5 Å². The van der Waals surface area contributed by atoms with Crippen LogP contribution in [0.4, 0.5) is 13.2 Å². The number of ether oxygens (including phenoxy) is 1. The van der Waals surface area contributed by atoms with Crippen LogP contribution in [-0.2, 0) is 17.5 Å². The van der Waals surface area contributed by atoms with Crippen molar-refractivity contribution in [2.24, 2.45) is 4.99 Å². The van der Waals surface area contributed by atoms with Crippen molar-refractivity contribution in [2.75, 3.05) is 20.2 Å². The summed E-state index contributed by atoms with van der Waals surface area (Å²) in [5.74, 6) is 0.607. The Morgan fingerprint density at radius 2 is 1.96 bits per heavy atom. The largest absolute Gasteiger partial charge is 0.416 e. The molecule has 0 bridgehead atoms. The van der Waals surface area contributed by atoms with Gasteiger partial charge in [0.15, 0.2) is 5.96 Å². The molecule has 1 aromatic rings. The van der Waals surface area contributed by atoms with E-state index in [4.69, 9.17) is 4.74 Å². The van der Waals surface area contributed by atoms with Crippen molar-refractivity contribution >= 4 is 29.9 Å². The van der Waals surface area contributed by atoms with Gasteiger partial charge in [0.2, 0.25) is 0 Å². The van der Waals surface area contributed by atoms with E-state index >= 15 is 0 Å². The molecule has 1 aromatic carbocycles. The van der Waals surface area contributed by atoms with Gasteiger partial charge in [0.25, 0.3) is 0 Å². The molecular weight excluding hydrogens is 422 g/mol. The molecule has 1 heterocycles. The standard InChI is InChI=1S/C15H20F3N3O.HI/c1-19-14(21-10-13-3-2-8-22-13)20-9-11-4-6-12(7-5-11)15(16,17)18;/h4-7,13H,2-3,8-10H2,1H3,(H2,19,20,21);1H. The lowest BCUT2D eigenvalue weighted by Gasteiger charge is -2.15. The molecule has 23 heavy (non-hydrogen) atoms. The van der Waals surface area contributed by atoms with E-state index in [1.54, 1.807) is 7.05 Å². The summed E-state index contributed by atoms with van der Waals surface area (Å²) in [7, 11) is 1.65. The first-order chi connectivity index (χ1) is 10.5. The zero-order valence-electron chi connectivity index (χ0n) is 12.8. The van der Waals surface area contributed by atoms with E-state index in [0.717, 1.165) is 37.1 Å². The van der Waals surface area contributed by atoms with Crippen LogP contribution in [0.2, 0.25) is 0 Å². The van der Waals surface area contributed by atoms with Gasteiger partial charge in [-0.25, -0.2) is 0 Å². The topological polar surface area (TPSA) is 45.7 Å². The van der Waals surface area contributed by atoms with Crippen LogP contribution in [0.1, 0.15) is 24.0 Å². The molecule has 0 amide bonds. The van der Waals surface area contributed by atoms with E-state index < -0.39 is 11.7 Å². The predicted octanol–water partition coefficient (Wildman–Crippen LogP) is 3.17. The van der Waals surface area contributed by atoms with Crippen molar-refractivity contribution < 1.29 is 17.9 Å². The van der Waals surface area contributed by atoms with Crippen molar-refractivity contribution in [3.05, 3.63) is 35.4 Å². The first-order valence-corrected chi connectivity index (χ1v) is 7.21. The summed E-state index contributed by atoms with van der Waals surface area (Å²) in [6.07, 6.45) is -2.00. The number of alkyl halides is 3. The van der Waals surface area contributed by atoms with Crippen molar-refractivity contribution in [1.29, 1.82) is 0 Å². The molecule has 1 unspecified atom stereocenters. The molecule has 1 atom stereocenters. The summed E-state index contributed by atoms with van der Waals surface area (Å²) in [5.41, 5.74) is 0.116. The summed E-state index contributed by atoms with van der Waals surface area (Å²) in [6.45, 7) is 1.87. The Morgan fingerprint density at radius 3 is 2.48 bits per heavy atom. The van der Waals surface area contributed by atoms with Crippen molar-refractivity contribution in [3.8, 4) is 0 Å². The lowest BCUT2D eigenvalue weighted by molar-refractivity contribution is -0.137. The van der Waals surface area contributed by atoms with Gasteiger partial charge in [-0.3, -0.25) is 4.99 Å². The molecule has 1 saturated heterocycles. The van der Waals surface area contributed by atoms with Crippen LogP contribution >= 0.6 is 24.0 Å². The Morgan fingerprint density at radius 1 is 1.26 bits per heavy atom. The van der Waals surface area contributed by atoms with E-state index in [0.29, 0.717) is 19.0 Å². The van der Waals surface area contributed by atoms with Crippen LogP contribution in [0.15, 0.2) is 29.3 Å². The first-order valence-electron chi connectivity index (χ1n) is 7.21. The molecule has 2 rings (SSSR count). The second-order valence-corrected chi connectivity index (χ2v) is 5.14. The molecule has 0 aromatic heterocycles. The maximum absolute atomic E-state index is 12.5. The van der Waals surface area contributed by atoms with Crippen LogP contribution < -0.4 is 10.6 Å². The van der Waals surface area contributed by atoms with E-state index in [1.807, 2.05) is 0 Å². The molecule has 0 saturated carbocycles. The monoisotopic (exact) mass is 443 g/mol. The quantitative estimate of drug-likeness (QED) is 0.427. The minimum Gasteiger partial charge on any atom is -0.376 e. The van der Waals surface area contributed by atoms with Crippen molar-refractivity contribution in [2.45, 2.75) is 31.7 Å². The number of nitrogens with zero attached hydrogens (tertiary/aromatic N) is 1. The zero-order valence-corrected chi connectivity index (χ0v) is 15.2. The van der Waals surface area contributed by atoms with Crippen LogP contribution in [-0.4, -0.2) is 32.3 Å². The number of guanidine groups is 1. The summed E-state index contributed by atoms with van der Waals surface area (Å²) in [4.78, 5) is 4.08. The average Bonchev–Trinajstić information content (AvgIpc) is 3.00. The van der Waals surface area contributed by atoms with Gasteiger partial charge in [0.1, 0.15) is 0 Å². The number of hydrogen-bond donors (Lipinski definition) is 2. The van der Waals surface area contributed by atoms with E-state index in [2.05, 4.69) is 15.6 Å². The van der Waals surface area contributed by atoms with Gasteiger partial charge < -0.3 is 15.4 Å². The van der Waals surface area contributed by atoms with E-state index in [-0.39, 0.29) is 30.1 Å². The minimum absolute atomic E-state index is 0. The van der Waals surface area contributed by atoms with Gasteiger partial charge in [0, 0.05) is 26.7 Å². The molecule has 0 spiro atoms. The summed E-state index contributed by atoms with van der Waals surface area (Å²) in [5, 5.41) is 6.22. The first kappa shape index (κ1) is 20.0. The molecule has 1 aliphatic rings. The highest BCUT2D eigenvalue weighted by atomic mass is 127. The predicted molar refractivity (Wildman–Crippen MR) is 94.0 cm³/mol. The van der Waals surface area contributed by atoms with Gasteiger partial charge in [-0.15, -0.1) is 24.0 Å². The van der Waals surface area contributed by atoms with Crippen LogP contribution in [0.3, 0.4) is 0 Å². The number of benzene rings is 1. The second-order valence-electron chi connectivity index (χ2n) is 5.14. The molecule has 2 N–H and O–H groups in total. The number of halogens is 4. The lowest BCUT2D eigenvalue weighted by atomic mass is 10.1. The number of nitrogens with one attached hydrogen (secondary N) is 2. The number of aliphatic imine (C=N–C) groups is 1. The zero-order chi connectivity index (χ0) is 16.0. The number of rotatable bonds is 4. The Labute approximate surface area is 150 Å². The summed E-state index contributed by atoms with van der Waals surface area (Å²) >= 11 is 0. The fourth-order valence-corrected chi connectivity index (χ4v) is 2.23. The molecule has 0 aliphatic carbocycles. The smallest absolute Gasteiger partial charge is 0.376 e. The minimum atomic E-state index is -4.30. The molecule has 0 radical (unpaired) electrons. The van der Waals surface area contributed by atoms with Crippen molar-refractivity contribution in [1.82, 2.24) is 10.6 Å².